The van der Waals surface area contributed by atoms with E-state index < -0.39 is 102 Å². The number of nitrogens with one attached hydrogen (secondary N) is 1. The zero-order valence-corrected chi connectivity index (χ0v) is 50.2. The number of phenolic OH excluding ortho intramolecular Hbond substituents is 1. The first-order valence-electron chi connectivity index (χ1n) is 31.0. The molecule has 1 spiro atoms. The van der Waals surface area contributed by atoms with Crippen molar-refractivity contribution >= 4 is 41.9 Å². The number of nitrogens with zero attached hydrogens (tertiary/aromatic N) is 1. The third kappa shape index (κ3) is 11.0. The molecule has 3 saturated carbocycles. The summed E-state index contributed by atoms with van der Waals surface area (Å²) in [5, 5.41) is 88.1. The van der Waals surface area contributed by atoms with Crippen molar-refractivity contribution in [1.29, 1.82) is 0 Å². The van der Waals surface area contributed by atoms with E-state index in [0.29, 0.717) is 36.3 Å². The van der Waals surface area contributed by atoms with Crippen LogP contribution in [0.15, 0.2) is 47.5 Å². The molecule has 14 atom stereocenters. The number of fused-ring (bicyclic) bond motifs is 5. The molecule has 21 heteroatoms. The van der Waals surface area contributed by atoms with E-state index in [2.05, 4.69) is 22.2 Å². The van der Waals surface area contributed by atoms with Gasteiger partial charge in [-0.2, -0.15) is 0 Å². The maximum absolute atomic E-state index is 16.3. The van der Waals surface area contributed by atoms with E-state index in [1.165, 1.54) is 19.1 Å². The number of aldehydes is 1. The lowest BCUT2D eigenvalue weighted by atomic mass is 9.41. The van der Waals surface area contributed by atoms with Crippen LogP contribution < -0.4 is 32.0 Å². The molecule has 89 heavy (non-hydrogen) atoms. The van der Waals surface area contributed by atoms with Gasteiger partial charge in [-0.3, -0.25) is 24.2 Å². The number of benzene rings is 4. The van der Waals surface area contributed by atoms with Crippen LogP contribution in [0.25, 0.3) is 12.2 Å². The summed E-state index contributed by atoms with van der Waals surface area (Å²) in [5.74, 6) is -1.18. The zero-order valence-electron chi connectivity index (χ0n) is 50.2. The molecule has 0 radical (unpaired) electrons. The third-order valence-corrected chi connectivity index (χ3v) is 20.4. The van der Waals surface area contributed by atoms with Gasteiger partial charge in [-0.1, -0.05) is 54.3 Å². The van der Waals surface area contributed by atoms with E-state index in [1.807, 2.05) is 25.2 Å². The van der Waals surface area contributed by atoms with Crippen molar-refractivity contribution in [2.24, 2.45) is 51.3 Å². The average Bonchev–Trinajstić information content (AvgIpc) is 1.55. The summed E-state index contributed by atoms with van der Waals surface area (Å²) in [6.07, 6.45) is 1.20. The van der Waals surface area contributed by atoms with Gasteiger partial charge in [-0.05, 0) is 165 Å². The molecule has 5 fully saturated rings. The molecule has 21 nitrogen and oxygen atoms in total. The maximum atomic E-state index is 16.3. The molecule has 4 aromatic carbocycles. The number of aliphatic imine (C=N–C) groups is 1. The van der Waals surface area contributed by atoms with E-state index in [-0.39, 0.29) is 130 Å². The number of phenols is 1. The Morgan fingerprint density at radius 1 is 0.966 bits per heavy atom. The van der Waals surface area contributed by atoms with Crippen molar-refractivity contribution in [3.8, 4) is 29.1 Å². The standard InChI is InChI=1S/C68H79N5O16/c1-33-62(81)68(83,84)63(86-21-19-73-65(70)71)64(87-33)89-61-45-9-5-8-41(69)12-13-42(77)24-36-7-4-6-35(22-36)10-15-44-50(88-34(2)76)26-40(31-74)51-52(44)60(80)53(45)54(59(51)79)58(78)48(61)25-38-11-16-47-56-46-17-14-43-29-66(56,18-20-85-43)28-39-23-37(30-72-3)27-67(82,55(39)46)57(47)49(38)32-75/h4,6-7,10-11,15-16,22,26,32-33,37,39,41-43,46,55-56,62-64,72,74,77-78,81-84H,9,12-14,17-21,23-25,27-31,69H2,1-3H3,(H4,70,71,73). The van der Waals surface area contributed by atoms with Crippen LogP contribution >= 0.6 is 0 Å². The van der Waals surface area contributed by atoms with Gasteiger partial charge < -0.3 is 81.9 Å². The number of guanidine groups is 1. The fourth-order valence-corrected chi connectivity index (χ4v) is 17.1. The quantitative estimate of drug-likeness (QED) is 0.0117. The number of hydrogen-bond donors (Lipinski definition) is 11. The molecular formula is C68H79N5O16. The average molecular weight is 1220 g/mol. The lowest BCUT2D eigenvalue weighted by molar-refractivity contribution is -0.378. The van der Waals surface area contributed by atoms with E-state index in [1.54, 1.807) is 24.3 Å². The summed E-state index contributed by atoms with van der Waals surface area (Å²) in [5.41, 5.74) is 17.5. The minimum Gasteiger partial charge on any atom is -0.507 e. The van der Waals surface area contributed by atoms with Crippen LogP contribution in [0.5, 0.6) is 17.2 Å². The largest absolute Gasteiger partial charge is 0.507 e. The smallest absolute Gasteiger partial charge is 0.308 e. The molecule has 4 aromatic rings. The number of aliphatic hydroxyl groups is 6. The Morgan fingerprint density at radius 2 is 1.76 bits per heavy atom. The van der Waals surface area contributed by atoms with Crippen LogP contribution in [-0.2, 0) is 50.5 Å². The molecule has 2 aliphatic heterocycles. The summed E-state index contributed by atoms with van der Waals surface area (Å²) in [6, 6.07) is 11.5. The van der Waals surface area contributed by atoms with Crippen molar-refractivity contribution in [3.63, 3.8) is 0 Å². The molecule has 9 bridgehead atoms. The van der Waals surface area contributed by atoms with Crippen LogP contribution in [0.2, 0.25) is 0 Å². The molecule has 0 aromatic heterocycles. The number of esters is 1. The first-order chi connectivity index (χ1) is 42.6. The van der Waals surface area contributed by atoms with Crippen LogP contribution in [0, 0.1) is 40.9 Å². The first kappa shape index (κ1) is 62.3. The molecule has 472 valence electrons. The van der Waals surface area contributed by atoms with Gasteiger partial charge in [0.2, 0.25) is 12.1 Å². The second-order valence-electron chi connectivity index (χ2n) is 26.0. The Morgan fingerprint density at radius 3 is 2.52 bits per heavy atom. The van der Waals surface area contributed by atoms with Gasteiger partial charge in [0, 0.05) is 65.3 Å². The predicted molar refractivity (Wildman–Crippen MR) is 325 cm³/mol. The molecule has 0 amide bonds. The highest BCUT2D eigenvalue weighted by Gasteiger charge is 2.67. The van der Waals surface area contributed by atoms with Gasteiger partial charge in [0.25, 0.3) is 0 Å². The first-order valence-corrected chi connectivity index (χ1v) is 31.0. The zero-order chi connectivity index (χ0) is 63.0. The monoisotopic (exact) mass is 1220 g/mol. The van der Waals surface area contributed by atoms with Crippen LogP contribution in [0.1, 0.15) is 170 Å². The number of nitrogens with two attached hydrogens (primary N) is 3. The van der Waals surface area contributed by atoms with E-state index in [0.717, 1.165) is 62.9 Å². The van der Waals surface area contributed by atoms with Crippen molar-refractivity contribution in [2.75, 3.05) is 33.4 Å². The predicted octanol–water partition coefficient (Wildman–Crippen LogP) is 3.68. The maximum Gasteiger partial charge on any atom is 0.308 e. The second-order valence-corrected chi connectivity index (χ2v) is 26.0. The van der Waals surface area contributed by atoms with E-state index >= 15 is 9.59 Å². The lowest BCUT2D eigenvalue weighted by Crippen LogP contribution is -2.67. The third-order valence-electron chi connectivity index (χ3n) is 20.4. The van der Waals surface area contributed by atoms with E-state index in [9.17, 15) is 45.3 Å². The Kier molecular flexibility index (Phi) is 17.1. The number of hydrogen-bond acceptors (Lipinski definition) is 19. The number of aromatic hydroxyl groups is 1. The lowest BCUT2D eigenvalue weighted by Gasteiger charge is -2.65. The number of ether oxygens (including phenoxy) is 5. The van der Waals surface area contributed by atoms with Crippen LogP contribution in [0.4, 0.5) is 0 Å². The van der Waals surface area contributed by atoms with Crippen LogP contribution in [0.3, 0.4) is 0 Å². The summed E-state index contributed by atoms with van der Waals surface area (Å²) < 4.78 is 31.4. The molecule has 2 saturated heterocycles. The molecule has 2 heterocycles. The van der Waals surface area contributed by atoms with Crippen molar-refractivity contribution in [3.05, 3.63) is 120 Å². The number of aliphatic hydroxyl groups excluding tert-OH is 3. The summed E-state index contributed by atoms with van der Waals surface area (Å²) in [6.45, 7) is 2.32. The number of carbonyl (C=O) groups is 4. The SMILES string of the molecule is CNCC1CC2CC34CCOC(CCC5C3c3ccc(Cc6c(O)c7c8c(c6OC6OC(C)C(O)C(O)(O)C6OCCN=C(N)N)CC#CC(N)CCC(O)Cc6cccc(c6)C=Cc6c(OC(C)=O)cc(CO)c(c6C8=O)C7=O)c(C=O)c3C(O)(C1)C25)C4. The number of rotatable bonds is 13. The van der Waals surface area contributed by atoms with Crippen molar-refractivity contribution < 1.29 is 78.6 Å². The molecule has 12 rings (SSSR count). The highest BCUT2D eigenvalue weighted by Crippen LogP contribution is 2.72. The highest BCUT2D eigenvalue weighted by atomic mass is 16.7. The Labute approximate surface area is 515 Å². The number of carbonyl (C=O) groups excluding carboxylic acids is 4. The molecule has 14 unspecified atom stereocenters. The molecule has 14 N–H and O–H groups in total. The second kappa shape index (κ2) is 24.4. The van der Waals surface area contributed by atoms with Crippen LogP contribution in [-0.4, -0.2) is 148 Å². The Balaban J connectivity index is 1.12. The fourth-order valence-electron chi connectivity index (χ4n) is 17.1. The van der Waals surface area contributed by atoms with Gasteiger partial charge in [0.15, 0.2) is 29.9 Å². The molecule has 6 aliphatic carbocycles. The van der Waals surface area contributed by atoms with Gasteiger partial charge in [-0.15, -0.1) is 0 Å². The molecular weight excluding hydrogens is 1140 g/mol. The van der Waals surface area contributed by atoms with Gasteiger partial charge in [-0.25, -0.2) is 0 Å². The van der Waals surface area contributed by atoms with Crippen molar-refractivity contribution in [1.82, 2.24) is 5.32 Å². The topological polar surface area (TPSA) is 358 Å². The Bertz CT molecular complexity index is 3640. The normalized spacial score (nSPS) is 31.3. The van der Waals surface area contributed by atoms with Crippen molar-refractivity contribution in [2.45, 2.75) is 158 Å². The summed E-state index contributed by atoms with van der Waals surface area (Å²) >= 11 is 0. The summed E-state index contributed by atoms with van der Waals surface area (Å²) in [7, 11) is 1.89. The highest BCUT2D eigenvalue weighted by molar-refractivity contribution is 6.32. The van der Waals surface area contributed by atoms with E-state index in [4.69, 9.17) is 40.9 Å². The van der Waals surface area contributed by atoms with Gasteiger partial charge >= 0.3 is 5.97 Å². The molecule has 8 aliphatic rings. The summed E-state index contributed by atoms with van der Waals surface area (Å²) in [4.78, 5) is 63.6. The minimum atomic E-state index is -3.13. The fraction of sp³-hybridized carbons (Fsp3) is 0.515. The minimum absolute atomic E-state index is 0.00200. The number of ketones is 2. The van der Waals surface area contributed by atoms with Gasteiger partial charge in [0.05, 0.1) is 55.3 Å². The van der Waals surface area contributed by atoms with Gasteiger partial charge in [0.1, 0.15) is 23.4 Å². The Hall–Kier alpha value is -6.91.